The second-order valence-electron chi connectivity index (χ2n) is 8.93. The molecule has 1 unspecified atom stereocenters. The molecule has 0 aliphatic carbocycles. The summed E-state index contributed by atoms with van der Waals surface area (Å²) in [5.74, 6) is 0.557. The lowest BCUT2D eigenvalue weighted by molar-refractivity contribution is -0.147. The second-order valence-corrected chi connectivity index (χ2v) is 8.93. The number of rotatable bonds is 12. The van der Waals surface area contributed by atoms with E-state index in [0.29, 0.717) is 34.5 Å². The number of para-hydroxylation sites is 1. The van der Waals surface area contributed by atoms with Crippen LogP contribution in [0.25, 0.3) is 11.0 Å². The van der Waals surface area contributed by atoms with Crippen LogP contribution in [0.5, 0.6) is 5.75 Å². The number of ether oxygens (including phenoxy) is 2. The molecule has 1 aromatic heterocycles. The fraction of sp³-hybridized carbons (Fsp3) is 0.448. The zero-order valence-corrected chi connectivity index (χ0v) is 21.8. The van der Waals surface area contributed by atoms with Crippen LogP contribution < -0.4 is 4.74 Å². The molecule has 0 fully saturated rings. The van der Waals surface area contributed by atoms with Crippen LogP contribution in [0, 0.1) is 13.8 Å². The SMILES string of the molecule is CCC(C)OC(=O)Cc1oc2ccccc2c1C(=O)c1cc(C)c(OCCN(CC)CC)c(C)c1. The lowest BCUT2D eigenvalue weighted by Gasteiger charge is -2.19. The van der Waals surface area contributed by atoms with Gasteiger partial charge in [0.2, 0.25) is 0 Å². The van der Waals surface area contributed by atoms with Crippen molar-refractivity contribution in [3.8, 4) is 5.75 Å². The van der Waals surface area contributed by atoms with Crippen molar-refractivity contribution in [1.29, 1.82) is 0 Å². The molecule has 0 bridgehead atoms. The lowest BCUT2D eigenvalue weighted by Crippen LogP contribution is -2.28. The minimum atomic E-state index is -0.406. The zero-order chi connectivity index (χ0) is 25.5. The molecule has 6 nitrogen and oxygen atoms in total. The van der Waals surface area contributed by atoms with Gasteiger partial charge in [-0.05, 0) is 69.6 Å². The van der Waals surface area contributed by atoms with E-state index in [4.69, 9.17) is 13.9 Å². The first-order valence-corrected chi connectivity index (χ1v) is 12.5. The highest BCUT2D eigenvalue weighted by Crippen LogP contribution is 2.31. The average Bonchev–Trinajstić information content (AvgIpc) is 3.19. The van der Waals surface area contributed by atoms with Crippen molar-refractivity contribution < 1.29 is 23.5 Å². The van der Waals surface area contributed by atoms with E-state index in [9.17, 15) is 9.59 Å². The van der Waals surface area contributed by atoms with Gasteiger partial charge in [0.25, 0.3) is 0 Å². The van der Waals surface area contributed by atoms with Gasteiger partial charge in [-0.15, -0.1) is 0 Å². The molecule has 1 heterocycles. The Morgan fingerprint density at radius 1 is 1.03 bits per heavy atom. The van der Waals surface area contributed by atoms with Crippen LogP contribution in [0.2, 0.25) is 0 Å². The monoisotopic (exact) mass is 479 g/mol. The first kappa shape index (κ1) is 26.5. The van der Waals surface area contributed by atoms with Crippen molar-refractivity contribution in [3.63, 3.8) is 0 Å². The third kappa shape index (κ3) is 6.31. The number of fused-ring (bicyclic) bond motifs is 1. The summed E-state index contributed by atoms with van der Waals surface area (Å²) >= 11 is 0. The molecule has 2 aromatic carbocycles. The van der Waals surface area contributed by atoms with Crippen LogP contribution in [-0.4, -0.2) is 49.0 Å². The number of esters is 1. The van der Waals surface area contributed by atoms with Gasteiger partial charge in [0, 0.05) is 17.5 Å². The van der Waals surface area contributed by atoms with Gasteiger partial charge in [-0.3, -0.25) is 9.59 Å². The van der Waals surface area contributed by atoms with Crippen LogP contribution in [0.4, 0.5) is 0 Å². The molecule has 3 aromatic rings. The molecule has 3 rings (SSSR count). The van der Waals surface area contributed by atoms with Crippen LogP contribution in [0.1, 0.15) is 66.9 Å². The van der Waals surface area contributed by atoms with E-state index < -0.39 is 5.97 Å². The van der Waals surface area contributed by atoms with E-state index in [1.165, 1.54) is 0 Å². The van der Waals surface area contributed by atoms with Crippen LogP contribution >= 0.6 is 0 Å². The quantitative estimate of drug-likeness (QED) is 0.238. The minimum Gasteiger partial charge on any atom is -0.492 e. The Labute approximate surface area is 208 Å². The molecular formula is C29H37NO5. The molecular weight excluding hydrogens is 442 g/mol. The number of nitrogens with zero attached hydrogens (tertiary/aromatic N) is 1. The Kier molecular flexibility index (Phi) is 9.10. The largest absolute Gasteiger partial charge is 0.492 e. The number of hydrogen-bond acceptors (Lipinski definition) is 6. The van der Waals surface area contributed by atoms with Gasteiger partial charge >= 0.3 is 5.97 Å². The number of hydrogen-bond donors (Lipinski definition) is 0. The first-order valence-electron chi connectivity index (χ1n) is 12.5. The molecule has 1 atom stereocenters. The summed E-state index contributed by atoms with van der Waals surface area (Å²) in [7, 11) is 0. The number of carbonyl (C=O) groups excluding carboxylic acids is 2. The van der Waals surface area contributed by atoms with Gasteiger partial charge in [-0.1, -0.05) is 39.0 Å². The van der Waals surface area contributed by atoms with Crippen molar-refractivity contribution in [2.24, 2.45) is 0 Å². The molecule has 0 amide bonds. The van der Waals surface area contributed by atoms with Crippen molar-refractivity contribution in [2.45, 2.75) is 60.5 Å². The molecule has 0 spiro atoms. The van der Waals surface area contributed by atoms with E-state index in [0.717, 1.165) is 42.9 Å². The van der Waals surface area contributed by atoms with Gasteiger partial charge in [-0.2, -0.15) is 0 Å². The fourth-order valence-electron chi connectivity index (χ4n) is 4.22. The normalized spacial score (nSPS) is 12.2. The Morgan fingerprint density at radius 2 is 1.69 bits per heavy atom. The summed E-state index contributed by atoms with van der Waals surface area (Å²) in [5, 5.41) is 0.693. The molecule has 0 N–H and O–H groups in total. The highest BCUT2D eigenvalue weighted by atomic mass is 16.5. The van der Waals surface area contributed by atoms with Crippen molar-refractivity contribution in [3.05, 3.63) is 64.4 Å². The summed E-state index contributed by atoms with van der Waals surface area (Å²) in [5.41, 5.74) is 3.33. The molecule has 0 aliphatic rings. The van der Waals surface area contributed by atoms with Gasteiger partial charge < -0.3 is 18.8 Å². The third-order valence-corrected chi connectivity index (χ3v) is 6.38. The Bertz CT molecular complexity index is 1150. The minimum absolute atomic E-state index is 0.0926. The predicted octanol–water partition coefficient (Wildman–Crippen LogP) is 5.89. The summed E-state index contributed by atoms with van der Waals surface area (Å²) in [6.07, 6.45) is 0.440. The van der Waals surface area contributed by atoms with E-state index in [1.807, 2.05) is 58.0 Å². The van der Waals surface area contributed by atoms with Crippen molar-refractivity contribution in [1.82, 2.24) is 4.90 Å². The molecule has 0 radical (unpaired) electrons. The van der Waals surface area contributed by atoms with E-state index >= 15 is 0 Å². The van der Waals surface area contributed by atoms with Crippen LogP contribution in [0.15, 0.2) is 40.8 Å². The smallest absolute Gasteiger partial charge is 0.313 e. The van der Waals surface area contributed by atoms with Gasteiger partial charge in [-0.25, -0.2) is 0 Å². The number of ketones is 1. The Morgan fingerprint density at radius 3 is 2.31 bits per heavy atom. The van der Waals surface area contributed by atoms with E-state index in [-0.39, 0.29) is 18.3 Å². The predicted molar refractivity (Wildman–Crippen MR) is 138 cm³/mol. The Balaban J connectivity index is 1.90. The summed E-state index contributed by atoms with van der Waals surface area (Å²) in [6.45, 7) is 15.4. The fourth-order valence-corrected chi connectivity index (χ4v) is 4.22. The number of carbonyl (C=O) groups is 2. The third-order valence-electron chi connectivity index (χ3n) is 6.38. The summed E-state index contributed by atoms with van der Waals surface area (Å²) in [6, 6.07) is 11.1. The van der Waals surface area contributed by atoms with Crippen LogP contribution in [0.3, 0.4) is 0 Å². The van der Waals surface area contributed by atoms with Gasteiger partial charge in [0.1, 0.15) is 30.1 Å². The number of furan rings is 1. The maximum atomic E-state index is 13.7. The first-order chi connectivity index (χ1) is 16.8. The number of aryl methyl sites for hydroxylation is 2. The van der Waals surface area contributed by atoms with Crippen molar-refractivity contribution >= 4 is 22.7 Å². The molecule has 0 saturated heterocycles. The molecule has 35 heavy (non-hydrogen) atoms. The van der Waals surface area contributed by atoms with Crippen LogP contribution in [-0.2, 0) is 16.0 Å². The Hall–Kier alpha value is -3.12. The van der Waals surface area contributed by atoms with Gasteiger partial charge in [0.05, 0.1) is 11.7 Å². The highest BCUT2D eigenvalue weighted by Gasteiger charge is 2.25. The van der Waals surface area contributed by atoms with E-state index in [1.54, 1.807) is 6.07 Å². The van der Waals surface area contributed by atoms with Gasteiger partial charge in [0.15, 0.2) is 5.78 Å². The maximum absolute atomic E-state index is 13.7. The number of likely N-dealkylation sites (N-methyl/N-ethyl adjacent to an activating group) is 1. The molecule has 0 aliphatic heterocycles. The topological polar surface area (TPSA) is 69.0 Å². The lowest BCUT2D eigenvalue weighted by atomic mass is 9.96. The zero-order valence-electron chi connectivity index (χ0n) is 21.8. The summed E-state index contributed by atoms with van der Waals surface area (Å²) in [4.78, 5) is 28.5. The molecule has 0 saturated carbocycles. The maximum Gasteiger partial charge on any atom is 0.313 e. The number of benzene rings is 2. The standard InChI is InChI=1S/C29H37NO5/c1-7-21(6)34-26(31)18-25-27(23-12-10-11-13-24(23)35-25)28(32)22-16-19(4)29(20(5)17-22)33-15-14-30(8-2)9-3/h10-13,16-17,21H,7-9,14-15,18H2,1-6H3. The molecule has 188 valence electrons. The van der Waals surface area contributed by atoms with Crippen molar-refractivity contribution in [2.75, 3.05) is 26.2 Å². The summed E-state index contributed by atoms with van der Waals surface area (Å²) < 4.78 is 17.5. The molecule has 6 heteroatoms. The highest BCUT2D eigenvalue weighted by molar-refractivity contribution is 6.17. The average molecular weight is 480 g/mol. The van der Waals surface area contributed by atoms with E-state index in [2.05, 4.69) is 18.7 Å². The second kappa shape index (κ2) is 12.0.